The Labute approximate surface area is 119 Å². The second kappa shape index (κ2) is 7.13. The van der Waals surface area contributed by atoms with Gasteiger partial charge in [0.15, 0.2) is 5.82 Å². The Bertz CT molecular complexity index is 444. The molecule has 1 heterocycles. The third-order valence-electron chi connectivity index (χ3n) is 2.48. The normalized spacial score (nSPS) is 14.1. The molecule has 0 aliphatic carbocycles. The monoisotopic (exact) mass is 310 g/mol. The van der Waals surface area contributed by atoms with Crippen LogP contribution < -0.4 is 16.6 Å². The number of hydrogen-bond acceptors (Lipinski definition) is 5. The van der Waals surface area contributed by atoms with Crippen molar-refractivity contribution < 1.29 is 4.21 Å². The van der Waals surface area contributed by atoms with Crippen LogP contribution in [0.5, 0.6) is 0 Å². The van der Waals surface area contributed by atoms with Crippen LogP contribution in [0.4, 0.5) is 11.6 Å². The maximum absolute atomic E-state index is 11.2. The van der Waals surface area contributed by atoms with Gasteiger partial charge in [0.05, 0.1) is 10.0 Å². The first kappa shape index (κ1) is 15.5. The molecule has 1 aromatic rings. The van der Waals surface area contributed by atoms with Gasteiger partial charge >= 0.3 is 0 Å². The molecule has 5 nitrogen and oxygen atoms in total. The van der Waals surface area contributed by atoms with Crippen molar-refractivity contribution >= 4 is 45.6 Å². The van der Waals surface area contributed by atoms with Gasteiger partial charge in [0.25, 0.3) is 0 Å². The summed E-state index contributed by atoms with van der Waals surface area (Å²) in [5.41, 5.74) is 2.39. The molecule has 0 fully saturated rings. The summed E-state index contributed by atoms with van der Waals surface area (Å²) in [6.07, 6.45) is 2.45. The van der Waals surface area contributed by atoms with E-state index in [1.54, 1.807) is 12.3 Å². The third-order valence-corrected chi connectivity index (χ3v) is 4.42. The highest BCUT2D eigenvalue weighted by Gasteiger charge is 2.10. The maximum Gasteiger partial charge on any atom is 0.161 e. The van der Waals surface area contributed by atoms with Crippen molar-refractivity contribution in [2.75, 3.05) is 23.5 Å². The van der Waals surface area contributed by atoms with E-state index in [9.17, 15) is 4.21 Å². The predicted octanol–water partition coefficient (Wildman–Crippen LogP) is 2.24. The average molecular weight is 311 g/mol. The number of nitrogens with zero attached hydrogens (tertiary/aromatic N) is 1. The van der Waals surface area contributed by atoms with Crippen molar-refractivity contribution in [3.63, 3.8) is 0 Å². The van der Waals surface area contributed by atoms with Crippen molar-refractivity contribution in [1.82, 2.24) is 4.98 Å². The van der Waals surface area contributed by atoms with E-state index in [1.165, 1.54) is 0 Å². The SMILES string of the molecule is CC(CCNc1nc(NN)c(Cl)cc1Cl)S(C)=O. The number of nitrogen functional groups attached to an aromatic ring is 1. The number of rotatable bonds is 6. The Morgan fingerprint density at radius 1 is 1.44 bits per heavy atom. The van der Waals surface area contributed by atoms with E-state index in [-0.39, 0.29) is 5.25 Å². The Hall–Kier alpha value is -0.560. The minimum absolute atomic E-state index is 0.121. The first-order valence-electron chi connectivity index (χ1n) is 5.34. The van der Waals surface area contributed by atoms with Crippen LogP contribution in [0, 0.1) is 0 Å². The molecule has 0 aromatic carbocycles. The summed E-state index contributed by atoms with van der Waals surface area (Å²) in [6.45, 7) is 2.56. The van der Waals surface area contributed by atoms with Crippen LogP contribution in [0.15, 0.2) is 6.07 Å². The summed E-state index contributed by atoms with van der Waals surface area (Å²) in [7, 11) is -0.830. The van der Waals surface area contributed by atoms with E-state index in [4.69, 9.17) is 29.0 Å². The van der Waals surface area contributed by atoms with Crippen molar-refractivity contribution in [2.45, 2.75) is 18.6 Å². The van der Waals surface area contributed by atoms with E-state index in [0.717, 1.165) is 6.42 Å². The summed E-state index contributed by atoms with van der Waals surface area (Å²) >= 11 is 11.9. The van der Waals surface area contributed by atoms with Crippen LogP contribution in [0.1, 0.15) is 13.3 Å². The molecule has 102 valence electrons. The van der Waals surface area contributed by atoms with Gasteiger partial charge < -0.3 is 10.7 Å². The summed E-state index contributed by atoms with van der Waals surface area (Å²) in [4.78, 5) is 4.15. The molecule has 0 aliphatic heterocycles. The van der Waals surface area contributed by atoms with E-state index < -0.39 is 10.8 Å². The molecule has 0 saturated heterocycles. The Kier molecular flexibility index (Phi) is 6.14. The van der Waals surface area contributed by atoms with Crippen LogP contribution >= 0.6 is 23.2 Å². The molecule has 0 aliphatic rings. The average Bonchev–Trinajstić information content (AvgIpc) is 2.31. The van der Waals surface area contributed by atoms with Crippen LogP contribution in [0.2, 0.25) is 10.0 Å². The fourth-order valence-corrected chi connectivity index (χ4v) is 2.18. The lowest BCUT2D eigenvalue weighted by Crippen LogP contribution is -2.16. The highest BCUT2D eigenvalue weighted by Crippen LogP contribution is 2.28. The fourth-order valence-electron chi connectivity index (χ4n) is 1.25. The standard InChI is InChI=1S/C10H16Cl2N4OS/c1-6(18(2)17)3-4-14-9-7(11)5-8(12)10(15-9)16-13/h5-6H,3-4,13H2,1-2H3,(H2,14,15,16). The van der Waals surface area contributed by atoms with Gasteiger partial charge in [0.2, 0.25) is 0 Å². The predicted molar refractivity (Wildman–Crippen MR) is 78.7 cm³/mol. The van der Waals surface area contributed by atoms with Gasteiger partial charge in [0, 0.05) is 28.9 Å². The Morgan fingerprint density at radius 3 is 2.61 bits per heavy atom. The molecular weight excluding hydrogens is 295 g/mol. The molecular formula is C10H16Cl2N4OS. The molecule has 1 aromatic heterocycles. The smallest absolute Gasteiger partial charge is 0.161 e. The minimum Gasteiger partial charge on any atom is -0.369 e. The van der Waals surface area contributed by atoms with Crippen molar-refractivity contribution in [1.29, 1.82) is 0 Å². The molecule has 4 N–H and O–H groups in total. The van der Waals surface area contributed by atoms with Gasteiger partial charge in [-0.05, 0) is 12.5 Å². The van der Waals surface area contributed by atoms with Crippen LogP contribution in [0.3, 0.4) is 0 Å². The first-order valence-corrected chi connectivity index (χ1v) is 7.72. The fraction of sp³-hybridized carbons (Fsp3) is 0.500. The summed E-state index contributed by atoms with van der Waals surface area (Å²) < 4.78 is 11.2. The molecule has 2 unspecified atom stereocenters. The van der Waals surface area contributed by atoms with Gasteiger partial charge in [-0.25, -0.2) is 10.8 Å². The summed E-state index contributed by atoms with van der Waals surface area (Å²) in [5.74, 6) is 6.14. The number of anilines is 2. The van der Waals surface area contributed by atoms with Crippen LogP contribution in [0.25, 0.3) is 0 Å². The van der Waals surface area contributed by atoms with Gasteiger partial charge in [-0.2, -0.15) is 0 Å². The lowest BCUT2D eigenvalue weighted by atomic mass is 10.3. The van der Waals surface area contributed by atoms with Crippen LogP contribution in [-0.2, 0) is 10.8 Å². The maximum atomic E-state index is 11.2. The van der Waals surface area contributed by atoms with E-state index >= 15 is 0 Å². The molecule has 0 saturated carbocycles. The zero-order valence-electron chi connectivity index (χ0n) is 10.2. The van der Waals surface area contributed by atoms with E-state index in [2.05, 4.69) is 15.7 Å². The van der Waals surface area contributed by atoms with Gasteiger partial charge in [-0.3, -0.25) is 4.21 Å². The molecule has 8 heteroatoms. The highest BCUT2D eigenvalue weighted by atomic mass is 35.5. The number of hydrazine groups is 1. The number of halogens is 2. The number of hydrogen-bond donors (Lipinski definition) is 3. The van der Waals surface area contributed by atoms with E-state index in [0.29, 0.717) is 28.2 Å². The lowest BCUT2D eigenvalue weighted by molar-refractivity contribution is 0.672. The van der Waals surface area contributed by atoms with Gasteiger partial charge in [0.1, 0.15) is 5.82 Å². The second-order valence-electron chi connectivity index (χ2n) is 3.82. The lowest BCUT2D eigenvalue weighted by Gasteiger charge is -2.12. The topological polar surface area (TPSA) is 80.0 Å². The molecule has 0 spiro atoms. The summed E-state index contributed by atoms with van der Waals surface area (Å²) in [6, 6.07) is 1.56. The number of nitrogens with two attached hydrogens (primary N) is 1. The highest BCUT2D eigenvalue weighted by molar-refractivity contribution is 7.84. The Balaban J connectivity index is 2.65. The largest absolute Gasteiger partial charge is 0.369 e. The Morgan fingerprint density at radius 2 is 2.06 bits per heavy atom. The summed E-state index contributed by atoms with van der Waals surface area (Å²) in [5, 5.41) is 3.97. The molecule has 0 amide bonds. The first-order chi connectivity index (χ1) is 8.45. The minimum atomic E-state index is -0.830. The third kappa shape index (κ3) is 4.28. The van der Waals surface area contributed by atoms with Crippen molar-refractivity contribution in [3.05, 3.63) is 16.1 Å². The molecule has 18 heavy (non-hydrogen) atoms. The second-order valence-corrected chi connectivity index (χ2v) is 6.43. The van der Waals surface area contributed by atoms with Gasteiger partial charge in [-0.1, -0.05) is 30.1 Å². The number of pyridine rings is 1. The molecule has 0 radical (unpaired) electrons. The zero-order chi connectivity index (χ0) is 13.7. The van der Waals surface area contributed by atoms with Crippen LogP contribution in [-0.4, -0.2) is 27.2 Å². The van der Waals surface area contributed by atoms with Gasteiger partial charge in [-0.15, -0.1) is 0 Å². The molecule has 1 rings (SSSR count). The number of aromatic nitrogens is 1. The quantitative estimate of drug-likeness (QED) is 0.554. The van der Waals surface area contributed by atoms with Crippen molar-refractivity contribution in [3.8, 4) is 0 Å². The zero-order valence-corrected chi connectivity index (χ0v) is 12.5. The van der Waals surface area contributed by atoms with E-state index in [1.807, 2.05) is 6.92 Å². The molecule has 0 bridgehead atoms. The van der Waals surface area contributed by atoms with Crippen molar-refractivity contribution in [2.24, 2.45) is 5.84 Å². The molecule has 2 atom stereocenters. The number of nitrogens with one attached hydrogen (secondary N) is 2.